The van der Waals surface area contributed by atoms with E-state index in [2.05, 4.69) is 5.32 Å². The number of amides is 1. The molecule has 0 atom stereocenters. The van der Waals surface area contributed by atoms with Gasteiger partial charge in [-0.25, -0.2) is 9.18 Å². The zero-order valence-electron chi connectivity index (χ0n) is 15.6. The van der Waals surface area contributed by atoms with Gasteiger partial charge in [0.1, 0.15) is 17.1 Å². The number of benzene rings is 2. The van der Waals surface area contributed by atoms with Crippen LogP contribution in [-0.4, -0.2) is 32.1 Å². The highest BCUT2D eigenvalue weighted by atomic mass is 19.1. The van der Waals surface area contributed by atoms with E-state index in [9.17, 15) is 14.0 Å². The van der Waals surface area contributed by atoms with Crippen LogP contribution in [0, 0.1) is 12.7 Å². The van der Waals surface area contributed by atoms with Crippen LogP contribution in [0.1, 0.15) is 21.7 Å². The van der Waals surface area contributed by atoms with E-state index in [1.165, 1.54) is 12.1 Å². The van der Waals surface area contributed by atoms with Crippen LogP contribution < -0.4 is 10.1 Å². The Kier molecular flexibility index (Phi) is 5.93. The number of ether oxygens (including phenoxy) is 2. The molecule has 3 aromatic rings. The number of nitrogens with one attached hydrogen (secondary N) is 1. The van der Waals surface area contributed by atoms with Crippen LogP contribution in [0.3, 0.4) is 0 Å². The van der Waals surface area contributed by atoms with E-state index in [0.717, 1.165) is 10.9 Å². The van der Waals surface area contributed by atoms with Crippen LogP contribution in [0.5, 0.6) is 5.75 Å². The first kappa shape index (κ1) is 19.4. The first-order valence-electron chi connectivity index (χ1n) is 8.73. The third-order valence-electron chi connectivity index (χ3n) is 4.31. The fraction of sp³-hybridized carbons (Fsp3) is 0.238. The minimum Gasteiger partial charge on any atom is -0.497 e. The summed E-state index contributed by atoms with van der Waals surface area (Å²) in [5.74, 6) is -0.731. The van der Waals surface area contributed by atoms with E-state index >= 15 is 0 Å². The summed E-state index contributed by atoms with van der Waals surface area (Å²) < 4.78 is 28.6. The predicted octanol–water partition coefficient (Wildman–Crippen LogP) is 3.40. The van der Waals surface area contributed by atoms with Gasteiger partial charge in [-0.2, -0.15) is 0 Å². The highest BCUT2D eigenvalue weighted by molar-refractivity contribution is 5.97. The SMILES string of the molecule is COc1ccc2oc(C(=O)OCC(=O)NCCc3ccc(F)cc3)c(C)c2c1. The number of methoxy groups -OCH3 is 1. The van der Waals surface area contributed by atoms with Gasteiger partial charge in [0.05, 0.1) is 7.11 Å². The Bertz CT molecular complexity index is 994. The van der Waals surface area contributed by atoms with Crippen LogP contribution in [0.25, 0.3) is 11.0 Å². The molecule has 0 aliphatic carbocycles. The first-order chi connectivity index (χ1) is 13.5. The molecule has 28 heavy (non-hydrogen) atoms. The minimum absolute atomic E-state index is 0.0577. The molecule has 0 aliphatic rings. The molecule has 0 aliphatic heterocycles. The molecule has 1 aromatic heterocycles. The summed E-state index contributed by atoms with van der Waals surface area (Å²) in [5, 5.41) is 3.40. The fourth-order valence-electron chi connectivity index (χ4n) is 2.77. The van der Waals surface area contributed by atoms with Crippen LogP contribution in [0.15, 0.2) is 46.9 Å². The maximum atomic E-state index is 12.9. The summed E-state index contributed by atoms with van der Waals surface area (Å²) in [4.78, 5) is 24.1. The van der Waals surface area contributed by atoms with Crippen molar-refractivity contribution in [2.75, 3.05) is 20.3 Å². The van der Waals surface area contributed by atoms with Crippen molar-refractivity contribution in [1.82, 2.24) is 5.32 Å². The van der Waals surface area contributed by atoms with Gasteiger partial charge >= 0.3 is 5.97 Å². The Balaban J connectivity index is 1.52. The summed E-state index contributed by atoms with van der Waals surface area (Å²) in [5.41, 5.74) is 2.05. The molecule has 1 heterocycles. The van der Waals surface area contributed by atoms with Gasteiger partial charge in [0.25, 0.3) is 5.91 Å². The number of hydrogen-bond donors (Lipinski definition) is 1. The second kappa shape index (κ2) is 8.56. The summed E-state index contributed by atoms with van der Waals surface area (Å²) in [6.45, 7) is 1.68. The van der Waals surface area contributed by atoms with E-state index in [1.807, 2.05) is 0 Å². The van der Waals surface area contributed by atoms with Crippen molar-refractivity contribution in [3.05, 3.63) is 65.2 Å². The van der Waals surface area contributed by atoms with Gasteiger partial charge in [-0.15, -0.1) is 0 Å². The van der Waals surface area contributed by atoms with Crippen LogP contribution in [0.2, 0.25) is 0 Å². The number of fused-ring (bicyclic) bond motifs is 1. The molecule has 3 rings (SSSR count). The van der Waals surface area contributed by atoms with Gasteiger partial charge in [0.15, 0.2) is 6.61 Å². The first-order valence-corrected chi connectivity index (χ1v) is 8.73. The Morgan fingerprint density at radius 2 is 1.89 bits per heavy atom. The van der Waals surface area contributed by atoms with Gasteiger partial charge in [0.2, 0.25) is 5.76 Å². The normalized spacial score (nSPS) is 10.7. The number of hydrogen-bond acceptors (Lipinski definition) is 5. The standard InChI is InChI=1S/C21H20FNO5/c1-13-17-11-16(26-2)7-8-18(17)28-20(13)21(25)27-12-19(24)23-10-9-14-3-5-15(22)6-4-14/h3-8,11H,9-10,12H2,1-2H3,(H,23,24). The van der Waals surface area contributed by atoms with Gasteiger partial charge in [0, 0.05) is 17.5 Å². The van der Waals surface area contributed by atoms with Gasteiger partial charge in [-0.3, -0.25) is 4.79 Å². The van der Waals surface area contributed by atoms with Crippen molar-refractivity contribution < 1.29 is 27.9 Å². The lowest BCUT2D eigenvalue weighted by atomic mass is 10.1. The average Bonchev–Trinajstić information content (AvgIpc) is 3.03. The molecule has 1 N–H and O–H groups in total. The molecular formula is C21H20FNO5. The van der Waals surface area contributed by atoms with E-state index in [4.69, 9.17) is 13.9 Å². The predicted molar refractivity (Wildman–Crippen MR) is 101 cm³/mol. The lowest BCUT2D eigenvalue weighted by molar-refractivity contribution is -0.124. The number of furan rings is 1. The van der Waals surface area contributed by atoms with Gasteiger partial charge < -0.3 is 19.2 Å². The molecule has 0 radical (unpaired) electrons. The highest BCUT2D eigenvalue weighted by Crippen LogP contribution is 2.29. The molecule has 146 valence electrons. The molecule has 0 saturated heterocycles. The quantitative estimate of drug-likeness (QED) is 0.631. The molecule has 6 nitrogen and oxygen atoms in total. The van der Waals surface area contributed by atoms with Crippen molar-refractivity contribution in [3.63, 3.8) is 0 Å². The van der Waals surface area contributed by atoms with Crippen LogP contribution in [0.4, 0.5) is 4.39 Å². The molecule has 0 bridgehead atoms. The van der Waals surface area contributed by atoms with E-state index < -0.39 is 18.5 Å². The zero-order chi connectivity index (χ0) is 20.1. The number of carbonyl (C=O) groups is 2. The molecule has 7 heteroatoms. The third kappa shape index (κ3) is 4.49. The molecular weight excluding hydrogens is 365 g/mol. The molecule has 2 aromatic carbocycles. The number of rotatable bonds is 7. The number of carbonyl (C=O) groups excluding carboxylic acids is 2. The summed E-state index contributed by atoms with van der Waals surface area (Å²) in [6, 6.07) is 11.2. The van der Waals surface area contributed by atoms with Crippen molar-refractivity contribution in [2.45, 2.75) is 13.3 Å². The average molecular weight is 385 g/mol. The largest absolute Gasteiger partial charge is 0.497 e. The molecule has 0 fully saturated rings. The Labute approximate surface area is 161 Å². The molecule has 1 amide bonds. The minimum atomic E-state index is -0.707. The monoisotopic (exact) mass is 385 g/mol. The Hall–Kier alpha value is -3.35. The van der Waals surface area contributed by atoms with Gasteiger partial charge in [-0.05, 0) is 49.2 Å². The number of aryl methyl sites for hydroxylation is 1. The molecule has 0 unspecified atom stereocenters. The fourth-order valence-corrected chi connectivity index (χ4v) is 2.77. The molecule has 0 spiro atoms. The molecule has 0 saturated carbocycles. The second-order valence-electron chi connectivity index (χ2n) is 6.22. The summed E-state index contributed by atoms with van der Waals surface area (Å²) >= 11 is 0. The van der Waals surface area contributed by atoms with Crippen molar-refractivity contribution in [3.8, 4) is 5.75 Å². The lowest BCUT2D eigenvalue weighted by Gasteiger charge is -2.06. The van der Waals surface area contributed by atoms with Crippen LogP contribution >= 0.6 is 0 Å². The van der Waals surface area contributed by atoms with Crippen molar-refractivity contribution >= 4 is 22.8 Å². The zero-order valence-corrected chi connectivity index (χ0v) is 15.6. The number of halogens is 1. The lowest BCUT2D eigenvalue weighted by Crippen LogP contribution is -2.30. The van der Waals surface area contributed by atoms with Crippen molar-refractivity contribution in [2.24, 2.45) is 0 Å². The Morgan fingerprint density at radius 3 is 2.61 bits per heavy atom. The highest BCUT2D eigenvalue weighted by Gasteiger charge is 2.20. The summed E-state index contributed by atoms with van der Waals surface area (Å²) in [6.07, 6.45) is 0.546. The number of esters is 1. The maximum Gasteiger partial charge on any atom is 0.375 e. The maximum absolute atomic E-state index is 12.9. The van der Waals surface area contributed by atoms with Crippen molar-refractivity contribution in [1.29, 1.82) is 0 Å². The summed E-state index contributed by atoms with van der Waals surface area (Å²) in [7, 11) is 1.56. The van der Waals surface area contributed by atoms with E-state index in [0.29, 0.717) is 29.9 Å². The van der Waals surface area contributed by atoms with E-state index in [-0.39, 0.29) is 11.6 Å². The third-order valence-corrected chi connectivity index (χ3v) is 4.31. The Morgan fingerprint density at radius 1 is 1.14 bits per heavy atom. The second-order valence-corrected chi connectivity index (χ2v) is 6.22. The van der Waals surface area contributed by atoms with Gasteiger partial charge in [-0.1, -0.05) is 12.1 Å². The topological polar surface area (TPSA) is 77.8 Å². The van der Waals surface area contributed by atoms with Crippen LogP contribution in [-0.2, 0) is 16.0 Å². The smallest absolute Gasteiger partial charge is 0.375 e. The van der Waals surface area contributed by atoms with E-state index in [1.54, 1.807) is 44.4 Å².